The number of carbonyl (C=O) groups is 1. The maximum atomic E-state index is 11.9. The van der Waals surface area contributed by atoms with Gasteiger partial charge < -0.3 is 14.6 Å². The van der Waals surface area contributed by atoms with E-state index >= 15 is 0 Å². The van der Waals surface area contributed by atoms with Crippen LogP contribution in [-0.4, -0.2) is 34.5 Å². The van der Waals surface area contributed by atoms with Crippen molar-refractivity contribution in [3.8, 4) is 0 Å². The number of aliphatic hydroxyl groups is 1. The van der Waals surface area contributed by atoms with Gasteiger partial charge in [0.2, 0.25) is 0 Å². The van der Waals surface area contributed by atoms with E-state index in [9.17, 15) is 9.90 Å². The average Bonchev–Trinajstić information content (AvgIpc) is 3.32. The van der Waals surface area contributed by atoms with Crippen LogP contribution in [-0.2, 0) is 14.3 Å². The van der Waals surface area contributed by atoms with Crippen LogP contribution >= 0.6 is 0 Å². The Morgan fingerprint density at radius 3 is 2.08 bits per heavy atom. The molecule has 4 nitrogen and oxygen atoms in total. The highest BCUT2D eigenvalue weighted by atomic mass is 16.5. The second kappa shape index (κ2) is 8.20. The predicted molar refractivity (Wildman–Crippen MR) is 143 cm³/mol. The SMILES string of the molecule is CC(=O)O[C@H]1CC[C@]2(C)C3CC[C@@H]4[C@@H]([C@]5(C)CC[C@H](C(C)(C)O)O5)CC[C@@]4(C)[C@]3(C)CC[C@H]2C1(C)C. The number of esters is 1. The summed E-state index contributed by atoms with van der Waals surface area (Å²) >= 11 is 0. The summed E-state index contributed by atoms with van der Waals surface area (Å²) in [4.78, 5) is 11.9. The lowest BCUT2D eigenvalue weighted by atomic mass is 9.35. The third-order valence-corrected chi connectivity index (χ3v) is 13.5. The Bertz CT molecular complexity index is 889. The molecule has 1 saturated heterocycles. The Hall–Kier alpha value is -0.610. The minimum absolute atomic E-state index is 0.0211. The van der Waals surface area contributed by atoms with Gasteiger partial charge in [0.1, 0.15) is 6.10 Å². The predicted octanol–water partition coefficient (Wildman–Crippen LogP) is 7.31. The maximum absolute atomic E-state index is 11.9. The van der Waals surface area contributed by atoms with Crippen LogP contribution in [0, 0.1) is 45.3 Å². The van der Waals surface area contributed by atoms with Crippen molar-refractivity contribution in [2.45, 2.75) is 150 Å². The first-order valence-corrected chi connectivity index (χ1v) is 15.1. The lowest BCUT2D eigenvalue weighted by Gasteiger charge is -2.70. The molecule has 206 valence electrons. The van der Waals surface area contributed by atoms with Gasteiger partial charge in [0.05, 0.1) is 17.3 Å². The van der Waals surface area contributed by atoms with Crippen molar-refractivity contribution in [1.29, 1.82) is 0 Å². The van der Waals surface area contributed by atoms with Crippen LogP contribution in [0.1, 0.15) is 127 Å². The molecule has 4 saturated carbocycles. The molecule has 4 heteroatoms. The van der Waals surface area contributed by atoms with Gasteiger partial charge >= 0.3 is 5.97 Å². The highest BCUT2D eigenvalue weighted by Gasteiger charge is 2.70. The van der Waals surface area contributed by atoms with Gasteiger partial charge in [-0.3, -0.25) is 4.79 Å². The van der Waals surface area contributed by atoms with Gasteiger partial charge in [0.25, 0.3) is 0 Å². The Morgan fingerprint density at radius 1 is 0.806 bits per heavy atom. The fraction of sp³-hybridized carbons (Fsp3) is 0.969. The van der Waals surface area contributed by atoms with E-state index in [1.165, 1.54) is 44.9 Å². The molecular weight excluding hydrogens is 448 g/mol. The average molecular weight is 503 g/mol. The van der Waals surface area contributed by atoms with Crippen LogP contribution in [0.25, 0.3) is 0 Å². The van der Waals surface area contributed by atoms with Gasteiger partial charge in [0.15, 0.2) is 0 Å². The van der Waals surface area contributed by atoms with Crippen molar-refractivity contribution in [1.82, 2.24) is 0 Å². The largest absolute Gasteiger partial charge is 0.462 e. The Kier molecular flexibility index (Phi) is 6.14. The van der Waals surface area contributed by atoms with Gasteiger partial charge in [-0.25, -0.2) is 0 Å². The van der Waals surface area contributed by atoms with Crippen molar-refractivity contribution in [3.63, 3.8) is 0 Å². The maximum Gasteiger partial charge on any atom is 0.302 e. The van der Waals surface area contributed by atoms with E-state index in [2.05, 4.69) is 41.5 Å². The van der Waals surface area contributed by atoms with Gasteiger partial charge in [-0.15, -0.1) is 0 Å². The molecule has 1 N–H and O–H groups in total. The molecule has 1 heterocycles. The Labute approximate surface area is 220 Å². The molecule has 0 bridgehead atoms. The minimum atomic E-state index is -0.770. The van der Waals surface area contributed by atoms with Crippen LogP contribution in [0.5, 0.6) is 0 Å². The van der Waals surface area contributed by atoms with Gasteiger partial charge in [-0.2, -0.15) is 0 Å². The van der Waals surface area contributed by atoms with Crippen molar-refractivity contribution < 1.29 is 19.4 Å². The molecule has 0 radical (unpaired) electrons. The first-order valence-electron chi connectivity index (χ1n) is 15.1. The summed E-state index contributed by atoms with van der Waals surface area (Å²) < 4.78 is 12.6. The fourth-order valence-corrected chi connectivity index (χ4v) is 11.5. The quantitative estimate of drug-likeness (QED) is 0.411. The fourth-order valence-electron chi connectivity index (χ4n) is 11.5. The van der Waals surface area contributed by atoms with Crippen LogP contribution in [0.2, 0.25) is 0 Å². The van der Waals surface area contributed by atoms with Crippen LogP contribution in [0.15, 0.2) is 0 Å². The summed E-state index contributed by atoms with van der Waals surface area (Å²) in [5.74, 6) is 2.49. The Morgan fingerprint density at radius 2 is 1.47 bits per heavy atom. The van der Waals surface area contributed by atoms with Crippen molar-refractivity contribution >= 4 is 5.97 Å². The van der Waals surface area contributed by atoms with E-state index < -0.39 is 5.60 Å². The van der Waals surface area contributed by atoms with Crippen LogP contribution in [0.3, 0.4) is 0 Å². The van der Waals surface area contributed by atoms with Crippen molar-refractivity contribution in [3.05, 3.63) is 0 Å². The molecule has 10 atom stereocenters. The van der Waals surface area contributed by atoms with E-state index in [0.29, 0.717) is 34.0 Å². The van der Waals surface area contributed by atoms with Gasteiger partial charge in [-0.1, -0.05) is 34.6 Å². The van der Waals surface area contributed by atoms with E-state index in [1.54, 1.807) is 6.92 Å². The van der Waals surface area contributed by atoms with Crippen molar-refractivity contribution in [2.24, 2.45) is 45.3 Å². The number of carbonyl (C=O) groups excluding carboxylic acids is 1. The lowest BCUT2D eigenvalue weighted by Crippen LogP contribution is -2.64. The number of fused-ring (bicyclic) bond motifs is 5. The molecule has 36 heavy (non-hydrogen) atoms. The molecule has 5 aliphatic rings. The first kappa shape index (κ1) is 27.0. The number of hydrogen-bond acceptors (Lipinski definition) is 4. The third-order valence-electron chi connectivity index (χ3n) is 13.5. The second-order valence-corrected chi connectivity index (χ2v) is 15.9. The molecule has 0 spiro atoms. The number of rotatable bonds is 3. The summed E-state index contributed by atoms with van der Waals surface area (Å²) in [5.41, 5.74) is 0.122. The molecule has 0 aromatic heterocycles. The molecule has 1 aliphatic heterocycles. The number of ether oxygens (including phenoxy) is 2. The summed E-state index contributed by atoms with van der Waals surface area (Å²) in [6, 6.07) is 0. The van der Waals surface area contributed by atoms with Gasteiger partial charge in [-0.05, 0) is 125 Å². The molecule has 0 aromatic carbocycles. The summed E-state index contributed by atoms with van der Waals surface area (Å²) in [7, 11) is 0. The second-order valence-electron chi connectivity index (χ2n) is 15.9. The minimum Gasteiger partial charge on any atom is -0.462 e. The van der Waals surface area contributed by atoms with E-state index in [-0.39, 0.29) is 29.2 Å². The smallest absolute Gasteiger partial charge is 0.302 e. The van der Waals surface area contributed by atoms with E-state index in [0.717, 1.165) is 25.2 Å². The molecule has 0 aromatic rings. The zero-order valence-corrected chi connectivity index (χ0v) is 24.7. The highest BCUT2D eigenvalue weighted by molar-refractivity contribution is 5.66. The zero-order valence-electron chi connectivity index (χ0n) is 24.7. The molecule has 4 aliphatic carbocycles. The molecule has 0 amide bonds. The van der Waals surface area contributed by atoms with Crippen LogP contribution in [0.4, 0.5) is 0 Å². The van der Waals surface area contributed by atoms with Gasteiger partial charge in [0, 0.05) is 12.3 Å². The van der Waals surface area contributed by atoms with E-state index in [1.807, 2.05) is 13.8 Å². The number of hydrogen-bond donors (Lipinski definition) is 1. The normalized spacial score (nSPS) is 52.3. The van der Waals surface area contributed by atoms with E-state index in [4.69, 9.17) is 9.47 Å². The monoisotopic (exact) mass is 502 g/mol. The molecule has 5 rings (SSSR count). The summed E-state index contributed by atoms with van der Waals surface area (Å²) in [5, 5.41) is 10.7. The third kappa shape index (κ3) is 3.62. The van der Waals surface area contributed by atoms with Crippen LogP contribution < -0.4 is 0 Å². The lowest BCUT2D eigenvalue weighted by molar-refractivity contribution is -0.231. The molecule has 1 unspecified atom stereocenters. The Balaban J connectivity index is 1.42. The standard InChI is InChI=1S/C32H54O4/c1-20(33)35-25-14-16-29(6)23(27(25,2)3)13-18-31(8)24(29)11-10-21-22(12-17-30(21,31)7)32(9)19-15-26(36-32)28(4,5)34/h21-26,34H,10-19H2,1-9H3/t21-,22+,23+,24?,25+,26-,29+,30-,31-,32+/m1/s1. The zero-order chi connectivity index (χ0) is 26.5. The highest BCUT2D eigenvalue weighted by Crippen LogP contribution is 2.76. The van der Waals surface area contributed by atoms with Crippen molar-refractivity contribution in [2.75, 3.05) is 0 Å². The first-order chi connectivity index (χ1) is 16.5. The molecular formula is C32H54O4. The topological polar surface area (TPSA) is 55.8 Å². The summed E-state index contributed by atoms with van der Waals surface area (Å²) in [6.45, 7) is 20.4. The molecule has 5 fully saturated rings. The summed E-state index contributed by atoms with van der Waals surface area (Å²) in [6.07, 6.45) is 11.9.